The number of nitrogens with one attached hydrogen (secondary N) is 1. The van der Waals surface area contributed by atoms with Crippen molar-refractivity contribution in [2.45, 2.75) is 38.8 Å². The topological polar surface area (TPSA) is 79.7 Å². The number of carbonyl (C=O) groups excluding carboxylic acids is 1. The molecule has 0 unspecified atom stereocenters. The fourth-order valence-electron chi connectivity index (χ4n) is 4.08. The highest BCUT2D eigenvalue weighted by molar-refractivity contribution is 5.79. The van der Waals surface area contributed by atoms with Gasteiger partial charge < -0.3 is 9.88 Å². The average molecular weight is 374 g/mol. The molecule has 7 heteroatoms. The summed E-state index contributed by atoms with van der Waals surface area (Å²) in [5.74, 6) is 1.02. The van der Waals surface area contributed by atoms with Gasteiger partial charge in [-0.2, -0.15) is 0 Å². The quantitative estimate of drug-likeness (QED) is 0.594. The Labute approximate surface area is 162 Å². The summed E-state index contributed by atoms with van der Waals surface area (Å²) in [4.78, 5) is 23.1. The number of amides is 1. The lowest BCUT2D eigenvalue weighted by Gasteiger charge is -2.23. The third kappa shape index (κ3) is 2.93. The molecule has 1 N–H and O–H groups in total. The van der Waals surface area contributed by atoms with E-state index in [1.54, 1.807) is 0 Å². The molecule has 1 aliphatic rings. The van der Waals surface area contributed by atoms with Gasteiger partial charge in [0, 0.05) is 13.0 Å². The minimum atomic E-state index is 0.0210. The van der Waals surface area contributed by atoms with E-state index in [-0.39, 0.29) is 11.9 Å². The number of hydrogen-bond acceptors (Lipinski definition) is 4. The third-order valence-electron chi connectivity index (χ3n) is 5.50. The lowest BCUT2D eigenvalue weighted by atomic mass is 10.2. The maximum atomic E-state index is 13.0. The Kier molecular flexibility index (Phi) is 4.07. The van der Waals surface area contributed by atoms with E-state index in [4.69, 9.17) is 4.98 Å². The predicted octanol–water partition coefficient (Wildman–Crippen LogP) is 3.37. The first-order valence-corrected chi connectivity index (χ1v) is 9.73. The van der Waals surface area contributed by atoms with Crippen LogP contribution in [0.2, 0.25) is 0 Å². The van der Waals surface area contributed by atoms with Crippen molar-refractivity contribution in [1.82, 2.24) is 29.9 Å². The molecule has 1 fully saturated rings. The van der Waals surface area contributed by atoms with E-state index in [2.05, 4.69) is 34.4 Å². The Hall–Kier alpha value is -3.22. The van der Waals surface area contributed by atoms with Gasteiger partial charge in [0.1, 0.15) is 11.3 Å². The lowest BCUT2D eigenvalue weighted by Crippen LogP contribution is -2.31. The number of nitrogens with zero attached hydrogens (tertiary/aromatic N) is 5. The average Bonchev–Trinajstić information content (AvgIpc) is 3.43. The fourth-order valence-corrected chi connectivity index (χ4v) is 4.08. The van der Waals surface area contributed by atoms with Crippen molar-refractivity contribution in [3.05, 3.63) is 53.9 Å². The van der Waals surface area contributed by atoms with Gasteiger partial charge in [-0.1, -0.05) is 23.4 Å². The Balaban J connectivity index is 1.33. The van der Waals surface area contributed by atoms with Crippen molar-refractivity contribution in [1.29, 1.82) is 0 Å². The molecule has 2 aromatic heterocycles. The molecule has 3 heterocycles. The van der Waals surface area contributed by atoms with Gasteiger partial charge in [-0.25, -0.2) is 9.67 Å². The van der Waals surface area contributed by atoms with Crippen molar-refractivity contribution in [2.24, 2.45) is 0 Å². The van der Waals surface area contributed by atoms with Gasteiger partial charge in [0.25, 0.3) is 0 Å². The van der Waals surface area contributed by atoms with Crippen LogP contribution in [0.15, 0.2) is 42.5 Å². The van der Waals surface area contributed by atoms with Crippen molar-refractivity contribution in [3.63, 3.8) is 0 Å². The zero-order valence-corrected chi connectivity index (χ0v) is 15.8. The Morgan fingerprint density at radius 3 is 3.04 bits per heavy atom. The van der Waals surface area contributed by atoms with E-state index in [0.717, 1.165) is 47.3 Å². The molecule has 0 radical (unpaired) electrons. The van der Waals surface area contributed by atoms with Gasteiger partial charge in [0.05, 0.1) is 29.1 Å². The van der Waals surface area contributed by atoms with Crippen LogP contribution >= 0.6 is 0 Å². The Morgan fingerprint density at radius 2 is 2.11 bits per heavy atom. The van der Waals surface area contributed by atoms with Crippen molar-refractivity contribution in [2.75, 3.05) is 6.54 Å². The number of likely N-dealkylation sites (tertiary alicyclic amines) is 1. The van der Waals surface area contributed by atoms with Crippen LogP contribution in [0, 0.1) is 6.92 Å². The minimum Gasteiger partial charge on any atom is -0.340 e. The summed E-state index contributed by atoms with van der Waals surface area (Å²) in [7, 11) is 0. The second kappa shape index (κ2) is 6.74. The molecule has 1 amide bonds. The summed E-state index contributed by atoms with van der Waals surface area (Å²) >= 11 is 0. The number of benzene rings is 2. The van der Waals surface area contributed by atoms with Gasteiger partial charge in [-0.3, -0.25) is 4.79 Å². The first-order chi connectivity index (χ1) is 13.7. The third-order valence-corrected chi connectivity index (χ3v) is 5.50. The second-order valence-electron chi connectivity index (χ2n) is 7.44. The molecule has 5 rings (SSSR count). The molecule has 2 aromatic carbocycles. The van der Waals surface area contributed by atoms with E-state index < -0.39 is 0 Å². The first kappa shape index (κ1) is 16.9. The van der Waals surface area contributed by atoms with Gasteiger partial charge in [0.15, 0.2) is 0 Å². The van der Waals surface area contributed by atoms with Gasteiger partial charge in [0.2, 0.25) is 5.91 Å². The number of para-hydroxylation sites is 1. The highest BCUT2D eigenvalue weighted by Crippen LogP contribution is 2.32. The fraction of sp³-hybridized carbons (Fsp3) is 0.333. The summed E-state index contributed by atoms with van der Waals surface area (Å²) < 4.78 is 1.81. The molecule has 142 valence electrons. The normalized spacial score (nSPS) is 17.0. The summed E-state index contributed by atoms with van der Waals surface area (Å²) in [5, 5.41) is 8.35. The molecular weight excluding hydrogens is 352 g/mol. The molecule has 0 aliphatic carbocycles. The first-order valence-electron chi connectivity index (χ1n) is 9.73. The molecule has 1 atom stereocenters. The lowest BCUT2D eigenvalue weighted by molar-refractivity contribution is -0.132. The van der Waals surface area contributed by atoms with Crippen molar-refractivity contribution < 1.29 is 4.79 Å². The van der Waals surface area contributed by atoms with Gasteiger partial charge >= 0.3 is 0 Å². The van der Waals surface area contributed by atoms with Crippen LogP contribution in [0.1, 0.15) is 36.7 Å². The largest absolute Gasteiger partial charge is 0.340 e. The van der Waals surface area contributed by atoms with E-state index in [1.165, 1.54) is 5.56 Å². The number of aromatic nitrogens is 5. The standard InChI is InChI=1S/C21H22N6O/c1-14-8-9-15-17(13-14)23-21(22-15)19-7-4-11-26(19)20(28)10-12-27-18-6-3-2-5-16(18)24-25-27/h2-3,5-6,8-9,13,19H,4,7,10-12H2,1H3,(H,22,23)/t19-/m1/s1. The number of aromatic amines is 1. The molecule has 4 aromatic rings. The molecule has 0 bridgehead atoms. The number of carbonyl (C=O) groups is 1. The zero-order chi connectivity index (χ0) is 19.1. The molecule has 1 saturated heterocycles. The van der Waals surface area contributed by atoms with Crippen LogP contribution in [-0.2, 0) is 11.3 Å². The van der Waals surface area contributed by atoms with Crippen LogP contribution in [0.3, 0.4) is 0 Å². The summed E-state index contributed by atoms with van der Waals surface area (Å²) in [5.41, 5.74) is 4.99. The van der Waals surface area contributed by atoms with Crippen molar-refractivity contribution >= 4 is 28.0 Å². The monoisotopic (exact) mass is 374 g/mol. The smallest absolute Gasteiger partial charge is 0.225 e. The van der Waals surface area contributed by atoms with E-state index in [1.807, 2.05) is 39.9 Å². The predicted molar refractivity (Wildman–Crippen MR) is 107 cm³/mol. The highest BCUT2D eigenvalue weighted by atomic mass is 16.2. The molecular formula is C21H22N6O. The summed E-state index contributed by atoms with van der Waals surface area (Å²) in [6, 6.07) is 14.0. The SMILES string of the molecule is Cc1ccc2nc([C@H]3CCCN3C(=O)CCn3nnc4ccccc43)[nH]c2c1. The highest BCUT2D eigenvalue weighted by Gasteiger charge is 2.31. The van der Waals surface area contributed by atoms with Gasteiger partial charge in [-0.05, 0) is 49.6 Å². The summed E-state index contributed by atoms with van der Waals surface area (Å²) in [6.07, 6.45) is 2.35. The van der Waals surface area contributed by atoms with Crippen LogP contribution in [0.5, 0.6) is 0 Å². The number of H-pyrrole nitrogens is 1. The Bertz CT molecular complexity index is 1160. The number of imidazole rings is 1. The molecule has 0 spiro atoms. The zero-order valence-electron chi connectivity index (χ0n) is 15.8. The molecule has 1 aliphatic heterocycles. The van der Waals surface area contributed by atoms with E-state index >= 15 is 0 Å². The molecule has 7 nitrogen and oxygen atoms in total. The van der Waals surface area contributed by atoms with Gasteiger partial charge in [-0.15, -0.1) is 5.10 Å². The van der Waals surface area contributed by atoms with E-state index in [9.17, 15) is 4.79 Å². The van der Waals surface area contributed by atoms with Crippen LogP contribution in [0.4, 0.5) is 0 Å². The number of fused-ring (bicyclic) bond motifs is 2. The number of aryl methyl sites for hydroxylation is 2. The minimum absolute atomic E-state index is 0.0210. The molecule has 0 saturated carbocycles. The van der Waals surface area contributed by atoms with Crippen LogP contribution in [-0.4, -0.2) is 42.3 Å². The molecule has 28 heavy (non-hydrogen) atoms. The maximum absolute atomic E-state index is 13.0. The van der Waals surface area contributed by atoms with Crippen molar-refractivity contribution in [3.8, 4) is 0 Å². The van der Waals surface area contributed by atoms with Crippen LogP contribution < -0.4 is 0 Å². The number of rotatable bonds is 4. The van der Waals surface area contributed by atoms with E-state index in [0.29, 0.717) is 13.0 Å². The summed E-state index contributed by atoms with van der Waals surface area (Å²) in [6.45, 7) is 3.37. The number of hydrogen-bond donors (Lipinski definition) is 1. The Morgan fingerprint density at radius 1 is 1.21 bits per heavy atom. The van der Waals surface area contributed by atoms with Crippen LogP contribution in [0.25, 0.3) is 22.1 Å². The maximum Gasteiger partial charge on any atom is 0.225 e. The second-order valence-corrected chi connectivity index (χ2v) is 7.44.